The van der Waals surface area contributed by atoms with Crippen LogP contribution in [0.2, 0.25) is 0 Å². The Balaban J connectivity index is 2.02. The van der Waals surface area contributed by atoms with Crippen molar-refractivity contribution in [2.24, 2.45) is 5.41 Å². The van der Waals surface area contributed by atoms with Crippen LogP contribution >= 0.6 is 0 Å². The van der Waals surface area contributed by atoms with E-state index in [2.05, 4.69) is 5.32 Å². The molecule has 1 aliphatic carbocycles. The highest BCUT2D eigenvalue weighted by molar-refractivity contribution is 6.02. The summed E-state index contributed by atoms with van der Waals surface area (Å²) in [5.74, 6) is -3.24. The van der Waals surface area contributed by atoms with Gasteiger partial charge in [-0.05, 0) is 18.9 Å². The number of aliphatic carboxylic acids is 1. The molecular formula is C13H13F2NO3. The predicted octanol–water partition coefficient (Wildman–Crippen LogP) is 1.84. The van der Waals surface area contributed by atoms with Crippen molar-refractivity contribution < 1.29 is 23.5 Å². The minimum atomic E-state index is -1.38. The maximum absolute atomic E-state index is 13.3. The Morgan fingerprint density at radius 2 is 2.00 bits per heavy atom. The summed E-state index contributed by atoms with van der Waals surface area (Å²) in [6.07, 6.45) is 1.27. The summed E-state index contributed by atoms with van der Waals surface area (Å²) in [7, 11) is 0. The topological polar surface area (TPSA) is 66.4 Å². The molecule has 0 unspecified atom stereocenters. The second-order valence-corrected chi connectivity index (χ2v) is 4.66. The van der Waals surface area contributed by atoms with Gasteiger partial charge in [-0.15, -0.1) is 0 Å². The Labute approximate surface area is 108 Å². The highest BCUT2D eigenvalue weighted by Crippen LogP contribution is 2.41. The molecule has 1 amide bonds. The fourth-order valence-electron chi connectivity index (χ4n) is 2.08. The van der Waals surface area contributed by atoms with E-state index in [0.717, 1.165) is 12.1 Å². The van der Waals surface area contributed by atoms with Gasteiger partial charge >= 0.3 is 5.97 Å². The lowest BCUT2D eigenvalue weighted by Gasteiger charge is -2.35. The average molecular weight is 269 g/mol. The first kappa shape index (κ1) is 13.5. The number of hydrogen-bond donors (Lipinski definition) is 2. The molecule has 1 saturated carbocycles. The third-order valence-corrected chi connectivity index (χ3v) is 3.51. The van der Waals surface area contributed by atoms with E-state index in [-0.39, 0.29) is 12.1 Å². The number of halogens is 2. The normalized spacial score (nSPS) is 16.5. The minimum Gasteiger partial charge on any atom is -0.480 e. The second kappa shape index (κ2) is 4.95. The van der Waals surface area contributed by atoms with Crippen LogP contribution in [0.1, 0.15) is 24.8 Å². The van der Waals surface area contributed by atoms with Crippen LogP contribution in [0, 0.1) is 17.0 Å². The molecule has 1 aliphatic rings. The van der Waals surface area contributed by atoms with E-state index in [1.807, 2.05) is 0 Å². The van der Waals surface area contributed by atoms with E-state index < -0.39 is 28.9 Å². The number of carboxylic acid groups (broad SMARTS) is 1. The first-order valence-corrected chi connectivity index (χ1v) is 5.91. The summed E-state index contributed by atoms with van der Waals surface area (Å²) in [4.78, 5) is 22.9. The fourth-order valence-corrected chi connectivity index (χ4v) is 2.08. The number of carboxylic acids is 1. The van der Waals surface area contributed by atoms with Gasteiger partial charge in [-0.3, -0.25) is 9.59 Å². The van der Waals surface area contributed by atoms with Crippen molar-refractivity contribution in [1.82, 2.24) is 5.32 Å². The molecule has 19 heavy (non-hydrogen) atoms. The van der Waals surface area contributed by atoms with E-state index in [1.54, 1.807) is 0 Å². The molecule has 2 N–H and O–H groups in total. The van der Waals surface area contributed by atoms with Crippen molar-refractivity contribution >= 4 is 11.9 Å². The van der Waals surface area contributed by atoms with Gasteiger partial charge in [-0.25, -0.2) is 8.78 Å². The lowest BCUT2D eigenvalue weighted by molar-refractivity contribution is -0.162. The second-order valence-electron chi connectivity index (χ2n) is 4.66. The van der Waals surface area contributed by atoms with Gasteiger partial charge < -0.3 is 10.4 Å². The highest BCUT2D eigenvalue weighted by Gasteiger charge is 2.51. The fraction of sp³-hybridized carbons (Fsp3) is 0.385. The molecule has 0 heterocycles. The van der Waals surface area contributed by atoms with Crippen LogP contribution in [0.3, 0.4) is 0 Å². The van der Waals surface area contributed by atoms with Gasteiger partial charge in [-0.2, -0.15) is 0 Å². The molecule has 0 saturated heterocycles. The maximum atomic E-state index is 13.3. The lowest BCUT2D eigenvalue weighted by Crippen LogP contribution is -2.50. The molecule has 1 aromatic carbocycles. The molecule has 1 fully saturated rings. The van der Waals surface area contributed by atoms with Gasteiger partial charge in [0.05, 0.1) is 0 Å². The molecule has 1 aromatic rings. The third kappa shape index (κ3) is 2.43. The molecule has 0 radical (unpaired) electrons. The summed E-state index contributed by atoms with van der Waals surface area (Å²) in [6, 6.07) is 3.03. The molecule has 0 aliphatic heterocycles. The molecule has 102 valence electrons. The first-order valence-electron chi connectivity index (χ1n) is 5.91. The summed E-state index contributed by atoms with van der Waals surface area (Å²) in [5, 5.41) is 11.5. The van der Waals surface area contributed by atoms with E-state index in [9.17, 15) is 18.4 Å². The van der Waals surface area contributed by atoms with Crippen molar-refractivity contribution in [3.8, 4) is 0 Å². The molecule has 4 nitrogen and oxygen atoms in total. The quantitative estimate of drug-likeness (QED) is 0.819. The van der Waals surface area contributed by atoms with Crippen molar-refractivity contribution in [1.29, 1.82) is 0 Å². The van der Waals surface area contributed by atoms with Crippen LogP contribution in [0.25, 0.3) is 0 Å². The van der Waals surface area contributed by atoms with Gasteiger partial charge in [0, 0.05) is 18.2 Å². The molecule has 0 atom stereocenters. The first-order chi connectivity index (χ1) is 8.95. The number of carbonyl (C=O) groups excluding carboxylic acids is 1. The zero-order valence-corrected chi connectivity index (χ0v) is 10.1. The van der Waals surface area contributed by atoms with Gasteiger partial charge in [-0.1, -0.05) is 12.5 Å². The third-order valence-electron chi connectivity index (χ3n) is 3.51. The Hall–Kier alpha value is -1.98. The molecule has 0 bridgehead atoms. The van der Waals surface area contributed by atoms with Crippen LogP contribution in [-0.4, -0.2) is 17.0 Å². The Bertz CT molecular complexity index is 527. The predicted molar refractivity (Wildman–Crippen MR) is 62.1 cm³/mol. The van der Waals surface area contributed by atoms with E-state index >= 15 is 0 Å². The summed E-state index contributed by atoms with van der Waals surface area (Å²) in [5.41, 5.74) is -1.26. The van der Waals surface area contributed by atoms with Gasteiger partial charge in [0.1, 0.15) is 17.0 Å². The molecule has 0 aromatic heterocycles. The summed E-state index contributed by atoms with van der Waals surface area (Å²) in [6.45, 7) is -0.153. The number of carbonyl (C=O) groups is 2. The highest BCUT2D eigenvalue weighted by atomic mass is 19.1. The Morgan fingerprint density at radius 3 is 2.47 bits per heavy atom. The van der Waals surface area contributed by atoms with Gasteiger partial charge in [0.25, 0.3) is 0 Å². The lowest BCUT2D eigenvalue weighted by atomic mass is 9.68. The van der Waals surface area contributed by atoms with Crippen LogP contribution in [-0.2, 0) is 16.1 Å². The smallest absolute Gasteiger partial charge is 0.319 e. The minimum absolute atomic E-state index is 0.120. The van der Waals surface area contributed by atoms with Crippen LogP contribution < -0.4 is 5.32 Å². The maximum Gasteiger partial charge on any atom is 0.319 e. The van der Waals surface area contributed by atoms with Crippen molar-refractivity contribution in [3.63, 3.8) is 0 Å². The van der Waals surface area contributed by atoms with Crippen LogP contribution in [0.4, 0.5) is 8.78 Å². The van der Waals surface area contributed by atoms with Crippen molar-refractivity contribution in [2.75, 3.05) is 0 Å². The van der Waals surface area contributed by atoms with E-state index in [1.165, 1.54) is 6.07 Å². The Morgan fingerprint density at radius 1 is 1.32 bits per heavy atom. The van der Waals surface area contributed by atoms with Gasteiger partial charge in [0.2, 0.25) is 5.91 Å². The largest absolute Gasteiger partial charge is 0.480 e. The number of rotatable bonds is 4. The molecule has 6 heteroatoms. The van der Waals surface area contributed by atoms with Crippen LogP contribution in [0.5, 0.6) is 0 Å². The van der Waals surface area contributed by atoms with Crippen LogP contribution in [0.15, 0.2) is 18.2 Å². The van der Waals surface area contributed by atoms with Crippen molar-refractivity contribution in [2.45, 2.75) is 25.8 Å². The number of nitrogens with one attached hydrogen (secondary N) is 1. The van der Waals surface area contributed by atoms with E-state index in [4.69, 9.17) is 5.11 Å². The molecule has 2 rings (SSSR count). The van der Waals surface area contributed by atoms with Crippen molar-refractivity contribution in [3.05, 3.63) is 35.4 Å². The zero-order valence-electron chi connectivity index (χ0n) is 10.1. The average Bonchev–Trinajstić information content (AvgIpc) is 2.25. The Kier molecular flexibility index (Phi) is 3.50. The monoisotopic (exact) mass is 269 g/mol. The standard InChI is InChI=1S/C13H13F2NO3/c14-9-3-2-8(10(15)6-9)7-16-11(17)13(12(18)19)4-1-5-13/h2-3,6H,1,4-5,7H2,(H,16,17)(H,18,19). The van der Waals surface area contributed by atoms with E-state index in [0.29, 0.717) is 19.3 Å². The number of hydrogen-bond acceptors (Lipinski definition) is 2. The molecule has 0 spiro atoms. The zero-order chi connectivity index (χ0) is 14.0. The number of amides is 1. The van der Waals surface area contributed by atoms with Gasteiger partial charge in [0.15, 0.2) is 0 Å². The summed E-state index contributed by atoms with van der Waals surface area (Å²) < 4.78 is 26.0. The molecular weight excluding hydrogens is 256 g/mol. The number of benzene rings is 1. The summed E-state index contributed by atoms with van der Waals surface area (Å²) >= 11 is 0. The SMILES string of the molecule is O=C(O)C1(C(=O)NCc2ccc(F)cc2F)CCC1.